The van der Waals surface area contributed by atoms with Crippen LogP contribution in [0.4, 0.5) is 0 Å². The molecular formula is C56H97NO8P+. The minimum absolute atomic E-state index is 0.00355. The molecule has 378 valence electrons. The van der Waals surface area contributed by atoms with Crippen LogP contribution in [0.1, 0.15) is 194 Å². The number of esters is 2. The number of phosphoric acid groups is 1. The van der Waals surface area contributed by atoms with Crippen molar-refractivity contribution in [1.29, 1.82) is 0 Å². The molecule has 0 bridgehead atoms. The van der Waals surface area contributed by atoms with Gasteiger partial charge in [-0.2, -0.15) is 0 Å². The standard InChI is InChI=1S/C56H96NO8P/c1-6-8-10-12-14-16-18-20-22-23-24-25-26-27-28-29-30-31-32-33-35-36-38-40-42-44-46-48-55(58)62-52-54(53-64-66(60,61)63-51-50-57(3,4)5)65-56(59)49-47-45-43-41-39-37-34-21-19-17-15-13-11-9-7-2/h9,11,15,17-18,20-21,23-24,26-27,34,39,41,45,47,54H,6-8,10,12-14,16,19,22,25,28-33,35-38,40,42-44,46,48-53H2,1-5H3/p+1/b11-9-,17-15-,20-18-,24-23-,27-26-,34-21-,41-39-,47-45-. The zero-order chi connectivity index (χ0) is 48.5. The first-order valence-corrected chi connectivity index (χ1v) is 27.5. The lowest BCUT2D eigenvalue weighted by Crippen LogP contribution is -2.37. The third-order valence-corrected chi connectivity index (χ3v) is 11.6. The third kappa shape index (κ3) is 50.3. The van der Waals surface area contributed by atoms with Crippen molar-refractivity contribution in [2.45, 2.75) is 200 Å². The molecule has 0 aromatic heterocycles. The van der Waals surface area contributed by atoms with E-state index in [9.17, 15) is 19.0 Å². The predicted molar refractivity (Wildman–Crippen MR) is 279 cm³/mol. The number of carbonyl (C=O) groups excluding carboxylic acids is 2. The molecule has 0 spiro atoms. The van der Waals surface area contributed by atoms with Gasteiger partial charge in [0.15, 0.2) is 6.10 Å². The lowest BCUT2D eigenvalue weighted by molar-refractivity contribution is -0.870. The molecule has 0 amide bonds. The van der Waals surface area contributed by atoms with E-state index >= 15 is 0 Å². The first-order valence-electron chi connectivity index (χ1n) is 26.0. The number of carbonyl (C=O) groups is 2. The van der Waals surface area contributed by atoms with E-state index in [1.165, 1.54) is 96.3 Å². The second kappa shape index (κ2) is 47.0. The maximum Gasteiger partial charge on any atom is 0.472 e. The number of unbranched alkanes of at least 4 members (excludes halogenated alkanes) is 17. The Hall–Kier alpha value is -3.07. The molecule has 0 radical (unpaired) electrons. The quantitative estimate of drug-likeness (QED) is 0.0211. The summed E-state index contributed by atoms with van der Waals surface area (Å²) in [5.41, 5.74) is 0. The number of allylic oxidation sites excluding steroid dienone is 15. The summed E-state index contributed by atoms with van der Waals surface area (Å²) in [4.78, 5) is 35.4. The van der Waals surface area contributed by atoms with Gasteiger partial charge in [-0.15, -0.1) is 0 Å². The van der Waals surface area contributed by atoms with Crippen LogP contribution in [0.25, 0.3) is 0 Å². The summed E-state index contributed by atoms with van der Waals surface area (Å²) in [6.45, 7) is 4.17. The summed E-state index contributed by atoms with van der Waals surface area (Å²) in [6, 6.07) is 0. The van der Waals surface area contributed by atoms with E-state index < -0.39 is 32.5 Å². The fraction of sp³-hybridized carbons (Fsp3) is 0.679. The van der Waals surface area contributed by atoms with Crippen molar-refractivity contribution < 1.29 is 42.1 Å². The Bertz CT molecular complexity index is 1440. The molecule has 66 heavy (non-hydrogen) atoms. The van der Waals surface area contributed by atoms with Crippen molar-refractivity contribution in [3.05, 3.63) is 97.2 Å². The summed E-state index contributed by atoms with van der Waals surface area (Å²) in [7, 11) is 1.41. The topological polar surface area (TPSA) is 108 Å². The largest absolute Gasteiger partial charge is 0.472 e. The van der Waals surface area contributed by atoms with Crippen LogP contribution in [0.3, 0.4) is 0 Å². The Kier molecular flexibility index (Phi) is 44.8. The minimum atomic E-state index is -4.41. The van der Waals surface area contributed by atoms with Gasteiger partial charge in [0.2, 0.25) is 0 Å². The number of nitrogens with zero attached hydrogens (tertiary/aromatic N) is 1. The van der Waals surface area contributed by atoms with Crippen LogP contribution in [0.2, 0.25) is 0 Å². The lowest BCUT2D eigenvalue weighted by atomic mass is 10.0. The van der Waals surface area contributed by atoms with Gasteiger partial charge in [0, 0.05) is 6.42 Å². The van der Waals surface area contributed by atoms with Gasteiger partial charge in [-0.25, -0.2) is 4.57 Å². The fourth-order valence-corrected chi connectivity index (χ4v) is 7.37. The molecule has 0 aliphatic carbocycles. The van der Waals surface area contributed by atoms with Crippen molar-refractivity contribution in [2.75, 3.05) is 47.5 Å². The Morgan fingerprint density at radius 3 is 1.36 bits per heavy atom. The summed E-state index contributed by atoms with van der Waals surface area (Å²) in [5.74, 6) is -0.953. The van der Waals surface area contributed by atoms with E-state index in [-0.39, 0.29) is 26.1 Å². The summed E-state index contributed by atoms with van der Waals surface area (Å²) >= 11 is 0. The van der Waals surface area contributed by atoms with Gasteiger partial charge in [0.25, 0.3) is 0 Å². The summed E-state index contributed by atoms with van der Waals surface area (Å²) in [5, 5.41) is 0. The van der Waals surface area contributed by atoms with Crippen LogP contribution in [0, 0.1) is 0 Å². The number of phosphoric ester groups is 1. The number of hydrogen-bond donors (Lipinski definition) is 1. The van der Waals surface area contributed by atoms with Crippen LogP contribution in [-0.4, -0.2) is 74.9 Å². The molecule has 9 nitrogen and oxygen atoms in total. The first kappa shape index (κ1) is 62.9. The smallest absolute Gasteiger partial charge is 0.462 e. The van der Waals surface area contributed by atoms with Gasteiger partial charge in [-0.1, -0.05) is 201 Å². The number of ether oxygens (including phenoxy) is 2. The minimum Gasteiger partial charge on any atom is -0.462 e. The van der Waals surface area contributed by atoms with Crippen molar-refractivity contribution in [3.63, 3.8) is 0 Å². The van der Waals surface area contributed by atoms with Crippen LogP contribution in [0.5, 0.6) is 0 Å². The van der Waals surface area contributed by atoms with Crippen molar-refractivity contribution in [1.82, 2.24) is 0 Å². The molecule has 10 heteroatoms. The fourth-order valence-electron chi connectivity index (χ4n) is 6.63. The Labute approximate surface area is 404 Å². The summed E-state index contributed by atoms with van der Waals surface area (Å²) in [6.07, 6.45) is 63.6. The van der Waals surface area contributed by atoms with Gasteiger partial charge in [0.1, 0.15) is 19.8 Å². The molecule has 0 aromatic rings. The maximum atomic E-state index is 12.7. The number of quaternary nitrogens is 1. The van der Waals surface area contributed by atoms with Crippen molar-refractivity contribution in [3.8, 4) is 0 Å². The van der Waals surface area contributed by atoms with Crippen molar-refractivity contribution >= 4 is 19.8 Å². The maximum absolute atomic E-state index is 12.7. The average molecular weight is 943 g/mol. The van der Waals surface area contributed by atoms with Gasteiger partial charge in [-0.3, -0.25) is 18.6 Å². The highest BCUT2D eigenvalue weighted by Gasteiger charge is 2.27. The van der Waals surface area contributed by atoms with Gasteiger partial charge < -0.3 is 18.9 Å². The van der Waals surface area contributed by atoms with E-state index in [0.717, 1.165) is 64.2 Å². The Morgan fingerprint density at radius 1 is 0.500 bits per heavy atom. The highest BCUT2D eigenvalue weighted by atomic mass is 31.2. The number of rotatable bonds is 46. The molecule has 0 rings (SSSR count). The molecule has 2 unspecified atom stereocenters. The SMILES string of the molecule is CC/C=C\C/C=C\C/C=C\C/C=C\C/C=C\CC(=O)OC(COC(=O)CCCCCCCCCCCCCC/C=C\C/C=C\C/C=C\CCCCCCC)COP(=O)(O)OCC[N+](C)(C)C. The second-order valence-corrected chi connectivity index (χ2v) is 19.6. The molecule has 0 aliphatic heterocycles. The predicted octanol–water partition coefficient (Wildman–Crippen LogP) is 15.7. The van der Waals surface area contributed by atoms with E-state index in [0.29, 0.717) is 17.4 Å². The monoisotopic (exact) mass is 943 g/mol. The number of hydrogen-bond acceptors (Lipinski definition) is 7. The van der Waals surface area contributed by atoms with Gasteiger partial charge in [0.05, 0.1) is 34.2 Å². The molecule has 0 aromatic carbocycles. The summed E-state index contributed by atoms with van der Waals surface area (Å²) < 4.78 is 34.3. The second-order valence-electron chi connectivity index (χ2n) is 18.2. The van der Waals surface area contributed by atoms with Gasteiger partial charge >= 0.3 is 19.8 Å². The van der Waals surface area contributed by atoms with E-state index in [2.05, 4.69) is 92.8 Å². The number of likely N-dealkylation sites (N-methyl/N-ethyl adjacent to an activating group) is 1. The average Bonchev–Trinajstić information content (AvgIpc) is 3.27. The Balaban J connectivity index is 4.26. The van der Waals surface area contributed by atoms with Crippen LogP contribution < -0.4 is 0 Å². The van der Waals surface area contributed by atoms with Gasteiger partial charge in [-0.05, 0) is 77.0 Å². The molecule has 2 atom stereocenters. The molecule has 0 fully saturated rings. The highest BCUT2D eigenvalue weighted by molar-refractivity contribution is 7.47. The molecule has 0 heterocycles. The van der Waals surface area contributed by atoms with E-state index in [4.69, 9.17) is 18.5 Å². The normalized spacial score (nSPS) is 14.2. The first-order chi connectivity index (χ1) is 32.0. The van der Waals surface area contributed by atoms with Crippen LogP contribution in [0.15, 0.2) is 97.2 Å². The van der Waals surface area contributed by atoms with E-state index in [1.54, 1.807) is 6.08 Å². The molecule has 0 saturated heterocycles. The molecular weight excluding hydrogens is 846 g/mol. The third-order valence-electron chi connectivity index (χ3n) is 10.6. The van der Waals surface area contributed by atoms with E-state index in [1.807, 2.05) is 33.3 Å². The lowest BCUT2D eigenvalue weighted by Gasteiger charge is -2.24. The molecule has 1 N–H and O–H groups in total. The van der Waals surface area contributed by atoms with Crippen molar-refractivity contribution in [2.24, 2.45) is 0 Å². The van der Waals surface area contributed by atoms with Crippen LogP contribution in [-0.2, 0) is 32.7 Å². The Morgan fingerprint density at radius 2 is 0.909 bits per heavy atom. The molecule has 0 aliphatic rings. The molecule has 0 saturated carbocycles. The van der Waals surface area contributed by atoms with Crippen LogP contribution >= 0.6 is 7.82 Å². The highest BCUT2D eigenvalue weighted by Crippen LogP contribution is 2.43. The zero-order valence-electron chi connectivity index (χ0n) is 42.6. The zero-order valence-corrected chi connectivity index (χ0v) is 43.5.